The van der Waals surface area contributed by atoms with E-state index < -0.39 is 0 Å². The van der Waals surface area contributed by atoms with E-state index in [0.29, 0.717) is 5.92 Å². The molecule has 1 N–H and O–H groups in total. The molecule has 0 saturated heterocycles. The number of rotatable bonds is 7. The topological polar surface area (TPSA) is 47.0 Å². The molecular weight excluding hydrogens is 226 g/mol. The van der Waals surface area contributed by atoms with Crippen LogP contribution in [0.15, 0.2) is 6.07 Å². The molecule has 0 fully saturated rings. The highest BCUT2D eigenvalue weighted by molar-refractivity contribution is 5.36. The molecule has 1 atom stereocenters. The Kier molecular flexibility index (Phi) is 6.05. The predicted molar refractivity (Wildman–Crippen MR) is 74.8 cm³/mol. The van der Waals surface area contributed by atoms with E-state index >= 15 is 0 Å². The second kappa shape index (κ2) is 7.31. The van der Waals surface area contributed by atoms with Gasteiger partial charge in [-0.15, -0.1) is 0 Å². The molecule has 4 heteroatoms. The molecule has 0 bridgehead atoms. The minimum Gasteiger partial charge on any atom is -0.373 e. The Bertz CT molecular complexity index is 342. The number of methoxy groups -OCH3 is 1. The summed E-state index contributed by atoms with van der Waals surface area (Å²) in [5.41, 5.74) is 1.08. The normalized spacial score (nSPS) is 12.8. The van der Waals surface area contributed by atoms with Crippen LogP contribution in [0.25, 0.3) is 0 Å². The van der Waals surface area contributed by atoms with Gasteiger partial charge in [-0.25, -0.2) is 9.97 Å². The van der Waals surface area contributed by atoms with Gasteiger partial charge in [-0.2, -0.15) is 0 Å². The third kappa shape index (κ3) is 3.95. The first-order valence-electron chi connectivity index (χ1n) is 6.76. The Morgan fingerprint density at radius 3 is 2.50 bits per heavy atom. The Morgan fingerprint density at radius 2 is 2.00 bits per heavy atom. The second-order valence-electron chi connectivity index (χ2n) is 4.78. The van der Waals surface area contributed by atoms with Gasteiger partial charge in [0.15, 0.2) is 5.82 Å². The minimum atomic E-state index is -0.0424. The summed E-state index contributed by atoms with van der Waals surface area (Å²) in [5.74, 6) is 2.05. The lowest BCUT2D eigenvalue weighted by atomic mass is 10.1. The number of aromatic nitrogens is 2. The number of aryl methyl sites for hydroxylation is 1. The average Bonchev–Trinajstić information content (AvgIpc) is 2.30. The Labute approximate surface area is 110 Å². The summed E-state index contributed by atoms with van der Waals surface area (Å²) >= 11 is 0. The molecule has 1 aromatic heterocycles. The minimum absolute atomic E-state index is 0.0424. The summed E-state index contributed by atoms with van der Waals surface area (Å²) in [6, 6.07) is 2.03. The fraction of sp³-hybridized carbons (Fsp3) is 0.714. The van der Waals surface area contributed by atoms with Gasteiger partial charge in [0.1, 0.15) is 11.9 Å². The van der Waals surface area contributed by atoms with Crippen LogP contribution in [-0.2, 0) is 11.2 Å². The third-order valence-electron chi connectivity index (χ3n) is 2.77. The zero-order chi connectivity index (χ0) is 13.5. The Morgan fingerprint density at radius 1 is 1.28 bits per heavy atom. The van der Waals surface area contributed by atoms with Crippen LogP contribution in [-0.4, -0.2) is 23.6 Å². The molecule has 0 aromatic carbocycles. The standard InChI is InChI=1S/C14H25N3O/c1-6-8-11-9-12(15-7-2)17-14(16-11)13(18-5)10(3)4/h9-10,13H,6-8H2,1-5H3,(H,15,16,17). The van der Waals surface area contributed by atoms with Gasteiger partial charge in [-0.05, 0) is 19.3 Å². The molecule has 0 amide bonds. The molecule has 1 aromatic rings. The van der Waals surface area contributed by atoms with E-state index in [2.05, 4.69) is 43.0 Å². The molecule has 4 nitrogen and oxygen atoms in total. The fourth-order valence-electron chi connectivity index (χ4n) is 1.98. The largest absolute Gasteiger partial charge is 0.373 e. The van der Waals surface area contributed by atoms with Crippen molar-refractivity contribution in [3.63, 3.8) is 0 Å². The maximum atomic E-state index is 5.51. The summed E-state index contributed by atoms with van der Waals surface area (Å²) < 4.78 is 5.51. The van der Waals surface area contributed by atoms with Gasteiger partial charge in [0.05, 0.1) is 0 Å². The van der Waals surface area contributed by atoms with Crippen molar-refractivity contribution in [2.45, 2.75) is 46.6 Å². The SMILES string of the molecule is CCCc1cc(NCC)nc(C(OC)C(C)C)n1. The molecule has 1 rings (SSSR count). The van der Waals surface area contributed by atoms with Crippen LogP contribution in [0.1, 0.15) is 51.7 Å². The first-order valence-corrected chi connectivity index (χ1v) is 6.76. The van der Waals surface area contributed by atoms with Crippen molar-refractivity contribution < 1.29 is 4.74 Å². The van der Waals surface area contributed by atoms with Crippen LogP contribution in [0.4, 0.5) is 5.82 Å². The summed E-state index contributed by atoms with van der Waals surface area (Å²) in [6.07, 6.45) is 2.02. The Hall–Kier alpha value is -1.16. The number of anilines is 1. The highest BCUT2D eigenvalue weighted by Crippen LogP contribution is 2.23. The van der Waals surface area contributed by atoms with Crippen LogP contribution in [0.2, 0.25) is 0 Å². The van der Waals surface area contributed by atoms with Crippen LogP contribution >= 0.6 is 0 Å². The average molecular weight is 251 g/mol. The molecule has 0 saturated carbocycles. The highest BCUT2D eigenvalue weighted by atomic mass is 16.5. The molecule has 0 radical (unpaired) electrons. The first-order chi connectivity index (χ1) is 8.62. The van der Waals surface area contributed by atoms with Crippen molar-refractivity contribution in [3.8, 4) is 0 Å². The Balaban J connectivity index is 3.08. The van der Waals surface area contributed by atoms with Gasteiger partial charge in [0, 0.05) is 25.4 Å². The summed E-state index contributed by atoms with van der Waals surface area (Å²) in [7, 11) is 1.72. The fourth-order valence-corrected chi connectivity index (χ4v) is 1.98. The van der Waals surface area contributed by atoms with Crippen molar-refractivity contribution in [2.75, 3.05) is 19.0 Å². The van der Waals surface area contributed by atoms with E-state index in [1.807, 2.05) is 6.07 Å². The smallest absolute Gasteiger partial charge is 0.159 e. The maximum Gasteiger partial charge on any atom is 0.159 e. The lowest BCUT2D eigenvalue weighted by molar-refractivity contribution is 0.0574. The van der Waals surface area contributed by atoms with Gasteiger partial charge in [-0.1, -0.05) is 27.2 Å². The van der Waals surface area contributed by atoms with Crippen LogP contribution in [0.3, 0.4) is 0 Å². The number of nitrogens with one attached hydrogen (secondary N) is 1. The van der Waals surface area contributed by atoms with Crippen molar-refractivity contribution >= 4 is 5.82 Å². The zero-order valence-corrected chi connectivity index (χ0v) is 12.2. The molecule has 1 unspecified atom stereocenters. The van der Waals surface area contributed by atoms with Gasteiger partial charge in [-0.3, -0.25) is 0 Å². The predicted octanol–water partition coefficient (Wildman–Crippen LogP) is 3.20. The van der Waals surface area contributed by atoms with Crippen LogP contribution in [0.5, 0.6) is 0 Å². The maximum absolute atomic E-state index is 5.51. The van der Waals surface area contributed by atoms with Gasteiger partial charge < -0.3 is 10.1 Å². The number of hydrogen-bond acceptors (Lipinski definition) is 4. The van der Waals surface area contributed by atoms with E-state index in [-0.39, 0.29) is 6.10 Å². The number of ether oxygens (including phenoxy) is 1. The molecule has 102 valence electrons. The van der Waals surface area contributed by atoms with Crippen molar-refractivity contribution in [2.24, 2.45) is 5.92 Å². The number of nitrogens with zero attached hydrogens (tertiary/aromatic N) is 2. The van der Waals surface area contributed by atoms with E-state index in [1.165, 1.54) is 0 Å². The van der Waals surface area contributed by atoms with Crippen molar-refractivity contribution in [1.29, 1.82) is 0 Å². The first kappa shape index (κ1) is 14.9. The lowest BCUT2D eigenvalue weighted by Crippen LogP contribution is -2.15. The molecule has 0 aliphatic heterocycles. The monoisotopic (exact) mass is 251 g/mol. The van der Waals surface area contributed by atoms with E-state index in [9.17, 15) is 0 Å². The van der Waals surface area contributed by atoms with Crippen molar-refractivity contribution in [1.82, 2.24) is 9.97 Å². The molecule has 0 spiro atoms. The van der Waals surface area contributed by atoms with E-state index in [4.69, 9.17) is 4.74 Å². The van der Waals surface area contributed by atoms with Crippen LogP contribution < -0.4 is 5.32 Å². The summed E-state index contributed by atoms with van der Waals surface area (Å²) in [6.45, 7) is 9.33. The van der Waals surface area contributed by atoms with Gasteiger partial charge in [0.2, 0.25) is 0 Å². The summed E-state index contributed by atoms with van der Waals surface area (Å²) in [4.78, 5) is 9.17. The molecular formula is C14H25N3O. The van der Waals surface area contributed by atoms with Gasteiger partial charge >= 0.3 is 0 Å². The van der Waals surface area contributed by atoms with E-state index in [1.54, 1.807) is 7.11 Å². The third-order valence-corrected chi connectivity index (χ3v) is 2.77. The lowest BCUT2D eigenvalue weighted by Gasteiger charge is -2.19. The van der Waals surface area contributed by atoms with Crippen LogP contribution in [0, 0.1) is 5.92 Å². The van der Waals surface area contributed by atoms with E-state index in [0.717, 1.165) is 36.7 Å². The second-order valence-corrected chi connectivity index (χ2v) is 4.78. The molecule has 0 aliphatic carbocycles. The molecule has 18 heavy (non-hydrogen) atoms. The molecule has 1 heterocycles. The summed E-state index contributed by atoms with van der Waals surface area (Å²) in [5, 5.41) is 3.26. The van der Waals surface area contributed by atoms with Crippen molar-refractivity contribution in [3.05, 3.63) is 17.6 Å². The van der Waals surface area contributed by atoms with Gasteiger partial charge in [0.25, 0.3) is 0 Å². The number of hydrogen-bond donors (Lipinski definition) is 1. The zero-order valence-electron chi connectivity index (χ0n) is 12.2. The molecule has 0 aliphatic rings. The quantitative estimate of drug-likeness (QED) is 0.808. The highest BCUT2D eigenvalue weighted by Gasteiger charge is 2.19.